The van der Waals surface area contributed by atoms with Gasteiger partial charge >= 0.3 is 0 Å². The minimum atomic E-state index is -0.403. The molecule has 1 aromatic carbocycles. The number of carbonyl (C=O) groups is 1. The lowest BCUT2D eigenvalue weighted by atomic mass is 10.0. The highest BCUT2D eigenvalue weighted by atomic mass is 35.5. The molecular weight excluding hydrogens is 466 g/mol. The zero-order valence-electron chi connectivity index (χ0n) is 19.2. The van der Waals surface area contributed by atoms with E-state index >= 15 is 0 Å². The maximum absolute atomic E-state index is 13.0. The fourth-order valence-electron chi connectivity index (χ4n) is 4.14. The summed E-state index contributed by atoms with van der Waals surface area (Å²) in [6.45, 7) is 6.45. The molecule has 1 aliphatic rings. The maximum Gasteiger partial charge on any atom is 0.274 e. The molecule has 4 aromatic rings. The molecule has 0 spiro atoms. The molecule has 1 saturated heterocycles. The van der Waals surface area contributed by atoms with E-state index in [0.717, 1.165) is 41.1 Å². The number of benzene rings is 1. The summed E-state index contributed by atoms with van der Waals surface area (Å²) in [5.41, 5.74) is 4.83. The Morgan fingerprint density at radius 2 is 2.00 bits per heavy atom. The minimum absolute atomic E-state index is 0.0158. The summed E-state index contributed by atoms with van der Waals surface area (Å²) >= 11 is 6.13. The number of nitriles is 1. The Balaban J connectivity index is 1.46. The van der Waals surface area contributed by atoms with Gasteiger partial charge in [0.1, 0.15) is 28.4 Å². The molecule has 0 saturated carbocycles. The summed E-state index contributed by atoms with van der Waals surface area (Å²) in [6.07, 6.45) is 1.78. The molecule has 1 amide bonds. The lowest BCUT2D eigenvalue weighted by Gasteiger charge is -2.27. The van der Waals surface area contributed by atoms with Crippen molar-refractivity contribution in [3.8, 4) is 17.3 Å². The molecule has 0 bridgehead atoms. The molecular formula is C25H22ClN7O2. The minimum Gasteiger partial charge on any atom is -0.378 e. The number of nitrogens with one attached hydrogen (secondary N) is 2. The van der Waals surface area contributed by atoms with Crippen molar-refractivity contribution in [2.75, 3.05) is 36.5 Å². The molecule has 0 unspecified atom stereocenters. The van der Waals surface area contributed by atoms with Crippen molar-refractivity contribution in [1.82, 2.24) is 20.2 Å². The van der Waals surface area contributed by atoms with E-state index in [0.29, 0.717) is 30.0 Å². The van der Waals surface area contributed by atoms with Crippen LogP contribution in [0.3, 0.4) is 0 Å². The summed E-state index contributed by atoms with van der Waals surface area (Å²) in [5, 5.41) is 20.6. The standard InChI is InChI=1S/C25H22ClN7O2/c1-14-15(2)22(30-24(26)19(14)13-27)25(34)29-17-3-4-20-18(12-17)23(32-31-20)16-5-6-28-21(11-16)33-7-9-35-10-8-33/h3-6,11-12H,7-10H2,1-2H3,(H,29,34)(H,31,32). The molecule has 1 fully saturated rings. The van der Waals surface area contributed by atoms with Crippen LogP contribution in [0, 0.1) is 25.2 Å². The van der Waals surface area contributed by atoms with E-state index in [1.807, 2.05) is 30.3 Å². The van der Waals surface area contributed by atoms with Crippen LogP contribution in [-0.2, 0) is 4.74 Å². The van der Waals surface area contributed by atoms with E-state index in [4.69, 9.17) is 16.3 Å². The van der Waals surface area contributed by atoms with E-state index in [-0.39, 0.29) is 16.4 Å². The zero-order chi connectivity index (χ0) is 24.5. The van der Waals surface area contributed by atoms with Crippen LogP contribution in [0.15, 0.2) is 36.5 Å². The topological polar surface area (TPSA) is 120 Å². The number of anilines is 2. The summed E-state index contributed by atoms with van der Waals surface area (Å²) < 4.78 is 5.44. The van der Waals surface area contributed by atoms with Crippen molar-refractivity contribution in [3.05, 3.63) is 64.1 Å². The Bertz CT molecular complexity index is 1490. The average Bonchev–Trinajstić information content (AvgIpc) is 3.30. The number of fused-ring (bicyclic) bond motifs is 1. The number of aromatic amines is 1. The molecule has 0 atom stereocenters. The second kappa shape index (κ2) is 9.33. The van der Waals surface area contributed by atoms with Crippen molar-refractivity contribution in [2.24, 2.45) is 0 Å². The molecule has 10 heteroatoms. The Hall–Kier alpha value is -4.00. The molecule has 0 radical (unpaired) electrons. The average molecular weight is 488 g/mol. The van der Waals surface area contributed by atoms with E-state index in [1.165, 1.54) is 0 Å². The number of H-pyrrole nitrogens is 1. The second-order valence-electron chi connectivity index (χ2n) is 8.28. The van der Waals surface area contributed by atoms with Gasteiger partial charge in [0.05, 0.1) is 24.3 Å². The van der Waals surface area contributed by atoms with Gasteiger partial charge in [-0.3, -0.25) is 9.89 Å². The molecule has 176 valence electrons. The third-order valence-corrected chi connectivity index (χ3v) is 6.48. The first-order valence-electron chi connectivity index (χ1n) is 11.1. The predicted octanol–water partition coefficient (Wildman–Crippen LogP) is 4.25. The number of morpholine rings is 1. The number of amides is 1. The number of hydrogen-bond donors (Lipinski definition) is 2. The molecule has 1 aliphatic heterocycles. The van der Waals surface area contributed by atoms with Crippen LogP contribution in [0.1, 0.15) is 27.2 Å². The molecule has 0 aliphatic carbocycles. The number of halogens is 1. The highest BCUT2D eigenvalue weighted by Crippen LogP contribution is 2.31. The fourth-order valence-corrected chi connectivity index (χ4v) is 4.41. The number of rotatable bonds is 4. The first kappa shape index (κ1) is 22.8. The van der Waals surface area contributed by atoms with Crippen molar-refractivity contribution in [2.45, 2.75) is 13.8 Å². The van der Waals surface area contributed by atoms with Gasteiger partial charge in [-0.1, -0.05) is 11.6 Å². The third kappa shape index (κ3) is 4.30. The van der Waals surface area contributed by atoms with Gasteiger partial charge in [0.2, 0.25) is 0 Å². The Labute approximate surface area is 206 Å². The molecule has 2 N–H and O–H groups in total. The van der Waals surface area contributed by atoms with Crippen molar-refractivity contribution < 1.29 is 9.53 Å². The largest absolute Gasteiger partial charge is 0.378 e. The maximum atomic E-state index is 13.0. The van der Waals surface area contributed by atoms with Crippen molar-refractivity contribution >= 4 is 39.9 Å². The number of ether oxygens (including phenoxy) is 1. The highest BCUT2D eigenvalue weighted by molar-refractivity contribution is 6.31. The number of carbonyl (C=O) groups excluding carboxylic acids is 1. The van der Waals surface area contributed by atoms with E-state index in [9.17, 15) is 10.1 Å². The van der Waals surface area contributed by atoms with Crippen molar-refractivity contribution in [1.29, 1.82) is 5.26 Å². The van der Waals surface area contributed by atoms with Crippen LogP contribution in [-0.4, -0.2) is 52.4 Å². The molecule has 4 heterocycles. The van der Waals surface area contributed by atoms with Crippen LogP contribution < -0.4 is 10.2 Å². The van der Waals surface area contributed by atoms with Crippen LogP contribution >= 0.6 is 11.6 Å². The molecule has 5 rings (SSSR count). The van der Waals surface area contributed by atoms with Gasteiger partial charge in [0.25, 0.3) is 5.91 Å². The first-order chi connectivity index (χ1) is 17.0. The SMILES string of the molecule is Cc1c(C(=O)Nc2ccc3[nH]nc(-c4ccnc(N5CCOCC5)c4)c3c2)nc(Cl)c(C#N)c1C. The second-order valence-corrected chi connectivity index (χ2v) is 8.63. The van der Waals surface area contributed by atoms with E-state index in [2.05, 4.69) is 30.4 Å². The quantitative estimate of drug-likeness (QED) is 0.413. The van der Waals surface area contributed by atoms with Gasteiger partial charge < -0.3 is 15.0 Å². The van der Waals surface area contributed by atoms with Gasteiger partial charge in [-0.05, 0) is 55.3 Å². The Morgan fingerprint density at radius 3 is 2.77 bits per heavy atom. The normalized spacial score (nSPS) is 13.6. The highest BCUT2D eigenvalue weighted by Gasteiger charge is 2.19. The first-order valence-corrected chi connectivity index (χ1v) is 11.5. The van der Waals surface area contributed by atoms with Gasteiger partial charge in [-0.2, -0.15) is 10.4 Å². The van der Waals surface area contributed by atoms with Gasteiger partial charge in [0.15, 0.2) is 0 Å². The van der Waals surface area contributed by atoms with Gasteiger partial charge in [-0.25, -0.2) is 9.97 Å². The Morgan fingerprint density at radius 1 is 1.20 bits per heavy atom. The lowest BCUT2D eigenvalue weighted by Crippen LogP contribution is -2.36. The summed E-state index contributed by atoms with van der Waals surface area (Å²) in [6, 6.07) is 11.5. The summed E-state index contributed by atoms with van der Waals surface area (Å²) in [5.74, 6) is 0.473. The van der Waals surface area contributed by atoms with Crippen LogP contribution in [0.5, 0.6) is 0 Å². The lowest BCUT2D eigenvalue weighted by molar-refractivity contribution is 0.102. The van der Waals surface area contributed by atoms with Gasteiger partial charge in [-0.15, -0.1) is 0 Å². The number of pyridine rings is 2. The fraction of sp³-hybridized carbons (Fsp3) is 0.240. The van der Waals surface area contributed by atoms with Crippen molar-refractivity contribution in [3.63, 3.8) is 0 Å². The third-order valence-electron chi connectivity index (χ3n) is 6.21. The molecule has 35 heavy (non-hydrogen) atoms. The summed E-state index contributed by atoms with van der Waals surface area (Å²) in [7, 11) is 0. The number of nitrogens with zero attached hydrogens (tertiary/aromatic N) is 5. The number of aromatic nitrogens is 4. The van der Waals surface area contributed by atoms with Crippen LogP contribution in [0.2, 0.25) is 5.15 Å². The van der Waals surface area contributed by atoms with Gasteiger partial charge in [0, 0.05) is 35.9 Å². The molecule has 9 nitrogen and oxygen atoms in total. The predicted molar refractivity (Wildman–Crippen MR) is 134 cm³/mol. The summed E-state index contributed by atoms with van der Waals surface area (Å²) in [4.78, 5) is 23.9. The monoisotopic (exact) mass is 487 g/mol. The Kier molecular flexibility index (Phi) is 6.07. The molecule has 3 aromatic heterocycles. The van der Waals surface area contributed by atoms with Crippen LogP contribution in [0.25, 0.3) is 22.2 Å². The zero-order valence-corrected chi connectivity index (χ0v) is 20.0. The number of hydrogen-bond acceptors (Lipinski definition) is 7. The van der Waals surface area contributed by atoms with Crippen LogP contribution in [0.4, 0.5) is 11.5 Å². The van der Waals surface area contributed by atoms with E-state index < -0.39 is 5.91 Å². The smallest absolute Gasteiger partial charge is 0.274 e. The van der Waals surface area contributed by atoms with E-state index in [1.54, 1.807) is 26.1 Å².